The molecule has 0 aliphatic rings. The quantitative estimate of drug-likeness (QED) is 0.821. The molecule has 0 amide bonds. The molecule has 0 bridgehead atoms. The van der Waals surface area contributed by atoms with E-state index in [1.807, 2.05) is 60.7 Å². The summed E-state index contributed by atoms with van der Waals surface area (Å²) in [7, 11) is 0. The van der Waals surface area contributed by atoms with Gasteiger partial charge in [-0.25, -0.2) is 0 Å². The summed E-state index contributed by atoms with van der Waals surface area (Å²) < 4.78 is 5.66. The maximum Gasteiger partial charge on any atom is 0.119 e. The number of hydrogen-bond donors (Lipinski definition) is 2. The number of para-hydroxylation sites is 1. The molecule has 2 N–H and O–H groups in total. The first-order valence-corrected chi connectivity index (χ1v) is 7.33. The van der Waals surface area contributed by atoms with Crippen molar-refractivity contribution < 1.29 is 9.84 Å². The van der Waals surface area contributed by atoms with E-state index >= 15 is 0 Å². The van der Waals surface area contributed by atoms with Gasteiger partial charge in [-0.05, 0) is 17.7 Å². The van der Waals surface area contributed by atoms with Gasteiger partial charge in [0.2, 0.25) is 0 Å². The number of benzene rings is 2. The molecule has 0 fully saturated rings. The molecule has 3 heteroatoms. The summed E-state index contributed by atoms with van der Waals surface area (Å²) in [6.07, 6.45) is -0.616. The van der Waals surface area contributed by atoms with Crippen LogP contribution in [0.4, 0.5) is 0 Å². The van der Waals surface area contributed by atoms with Crippen molar-refractivity contribution in [1.29, 1.82) is 0 Å². The third kappa shape index (κ3) is 4.88. The van der Waals surface area contributed by atoms with Crippen molar-refractivity contribution in [1.82, 2.24) is 5.32 Å². The Labute approximate surface area is 126 Å². The first kappa shape index (κ1) is 15.5. The first-order chi connectivity index (χ1) is 10.2. The zero-order valence-corrected chi connectivity index (χ0v) is 12.6. The highest BCUT2D eigenvalue weighted by molar-refractivity contribution is 5.22. The van der Waals surface area contributed by atoms with Crippen LogP contribution in [0.2, 0.25) is 0 Å². The average Bonchev–Trinajstić information content (AvgIpc) is 2.52. The van der Waals surface area contributed by atoms with Gasteiger partial charge >= 0.3 is 0 Å². The molecular formula is C18H23NO2. The molecule has 0 aromatic heterocycles. The number of hydrogen-bond acceptors (Lipinski definition) is 3. The van der Waals surface area contributed by atoms with Crippen molar-refractivity contribution in [3.63, 3.8) is 0 Å². The fourth-order valence-corrected chi connectivity index (χ4v) is 2.24. The van der Waals surface area contributed by atoms with Crippen LogP contribution in [0.15, 0.2) is 60.7 Å². The first-order valence-electron chi connectivity index (χ1n) is 7.33. The van der Waals surface area contributed by atoms with Gasteiger partial charge in [0.05, 0.1) is 6.04 Å². The van der Waals surface area contributed by atoms with Crippen LogP contribution in [0.5, 0.6) is 5.75 Å². The summed E-state index contributed by atoms with van der Waals surface area (Å²) in [6, 6.07) is 19.7. The molecule has 21 heavy (non-hydrogen) atoms. The van der Waals surface area contributed by atoms with E-state index in [-0.39, 0.29) is 18.7 Å². The fourth-order valence-electron chi connectivity index (χ4n) is 2.24. The van der Waals surface area contributed by atoms with E-state index in [2.05, 4.69) is 19.2 Å². The molecule has 0 saturated carbocycles. The lowest BCUT2D eigenvalue weighted by Crippen LogP contribution is -2.39. The van der Waals surface area contributed by atoms with E-state index in [0.717, 1.165) is 11.3 Å². The zero-order chi connectivity index (χ0) is 15.1. The van der Waals surface area contributed by atoms with E-state index < -0.39 is 6.10 Å². The van der Waals surface area contributed by atoms with Gasteiger partial charge in [-0.15, -0.1) is 0 Å². The SMILES string of the molecule is CC(C)N[C@H](c1ccccc1)[C@@H](O)COc1ccccc1. The Morgan fingerprint density at radius 1 is 0.952 bits per heavy atom. The van der Waals surface area contributed by atoms with E-state index in [1.54, 1.807) is 0 Å². The lowest BCUT2D eigenvalue weighted by atomic mass is 10.0. The van der Waals surface area contributed by atoms with Crippen molar-refractivity contribution in [3.05, 3.63) is 66.2 Å². The third-order valence-corrected chi connectivity index (χ3v) is 3.22. The monoisotopic (exact) mass is 285 g/mol. The van der Waals surface area contributed by atoms with Crippen LogP contribution in [0.25, 0.3) is 0 Å². The van der Waals surface area contributed by atoms with E-state index in [0.29, 0.717) is 0 Å². The smallest absolute Gasteiger partial charge is 0.119 e. The summed E-state index contributed by atoms with van der Waals surface area (Å²) in [6.45, 7) is 4.39. The maximum atomic E-state index is 10.5. The number of aliphatic hydroxyl groups excluding tert-OH is 1. The molecule has 0 aliphatic heterocycles. The fraction of sp³-hybridized carbons (Fsp3) is 0.333. The molecular weight excluding hydrogens is 262 g/mol. The number of nitrogens with one attached hydrogen (secondary N) is 1. The molecule has 112 valence electrons. The lowest BCUT2D eigenvalue weighted by Gasteiger charge is -2.26. The largest absolute Gasteiger partial charge is 0.491 e. The van der Waals surface area contributed by atoms with Crippen LogP contribution in [-0.4, -0.2) is 23.9 Å². The van der Waals surface area contributed by atoms with Crippen molar-refractivity contribution >= 4 is 0 Å². The molecule has 0 aliphatic carbocycles. The van der Waals surface area contributed by atoms with E-state index in [9.17, 15) is 5.11 Å². The molecule has 0 unspecified atom stereocenters. The van der Waals surface area contributed by atoms with Gasteiger partial charge in [-0.2, -0.15) is 0 Å². The van der Waals surface area contributed by atoms with Crippen molar-refractivity contribution in [2.24, 2.45) is 0 Å². The van der Waals surface area contributed by atoms with Crippen molar-refractivity contribution in [2.45, 2.75) is 32.0 Å². The molecule has 0 radical (unpaired) electrons. The summed E-state index contributed by atoms with van der Waals surface area (Å²) in [4.78, 5) is 0. The van der Waals surface area contributed by atoms with Gasteiger partial charge in [-0.3, -0.25) is 0 Å². The highest BCUT2D eigenvalue weighted by atomic mass is 16.5. The van der Waals surface area contributed by atoms with Gasteiger partial charge in [0.1, 0.15) is 18.5 Å². The molecule has 2 aromatic carbocycles. The van der Waals surface area contributed by atoms with Crippen LogP contribution in [0.1, 0.15) is 25.5 Å². The molecule has 2 aromatic rings. The van der Waals surface area contributed by atoms with Crippen LogP contribution in [0.3, 0.4) is 0 Å². The Kier molecular flexibility index (Phi) is 5.78. The van der Waals surface area contributed by atoms with E-state index in [1.165, 1.54) is 0 Å². The summed E-state index contributed by atoms with van der Waals surface area (Å²) in [5.41, 5.74) is 1.07. The lowest BCUT2D eigenvalue weighted by molar-refractivity contribution is 0.0699. The average molecular weight is 285 g/mol. The van der Waals surface area contributed by atoms with Gasteiger partial charge in [0.25, 0.3) is 0 Å². The number of rotatable bonds is 7. The second-order valence-corrected chi connectivity index (χ2v) is 5.40. The topological polar surface area (TPSA) is 41.5 Å². The number of ether oxygens (including phenoxy) is 1. The van der Waals surface area contributed by atoms with Crippen molar-refractivity contribution in [3.8, 4) is 5.75 Å². The standard InChI is InChI=1S/C18H23NO2/c1-14(2)19-18(15-9-5-3-6-10-15)17(20)13-21-16-11-7-4-8-12-16/h3-12,14,17-20H,13H2,1-2H3/t17-,18+/m0/s1. The van der Waals surface area contributed by atoms with Crippen molar-refractivity contribution in [2.75, 3.05) is 6.61 Å². The normalized spacial score (nSPS) is 13.9. The highest BCUT2D eigenvalue weighted by Crippen LogP contribution is 2.19. The second kappa shape index (κ2) is 7.81. The summed E-state index contributed by atoms with van der Waals surface area (Å²) in [5.74, 6) is 0.771. The Hall–Kier alpha value is -1.84. The van der Waals surface area contributed by atoms with E-state index in [4.69, 9.17) is 4.74 Å². The third-order valence-electron chi connectivity index (χ3n) is 3.22. The minimum atomic E-state index is -0.616. The van der Waals surface area contributed by atoms with Crippen LogP contribution < -0.4 is 10.1 Å². The molecule has 3 nitrogen and oxygen atoms in total. The Balaban J connectivity index is 2.02. The molecule has 2 rings (SSSR count). The molecule has 0 spiro atoms. The Morgan fingerprint density at radius 2 is 1.52 bits per heavy atom. The van der Waals surface area contributed by atoms with Gasteiger partial charge < -0.3 is 15.2 Å². The Bertz CT molecular complexity index is 513. The van der Waals surface area contributed by atoms with Crippen LogP contribution in [-0.2, 0) is 0 Å². The molecule has 0 heterocycles. The zero-order valence-electron chi connectivity index (χ0n) is 12.6. The molecule has 0 saturated heterocycles. The van der Waals surface area contributed by atoms with Gasteiger partial charge in [0, 0.05) is 6.04 Å². The maximum absolute atomic E-state index is 10.5. The Morgan fingerprint density at radius 3 is 2.10 bits per heavy atom. The summed E-state index contributed by atoms with van der Waals surface area (Å²) in [5, 5.41) is 13.9. The molecule has 2 atom stereocenters. The van der Waals surface area contributed by atoms with Crippen LogP contribution in [0, 0.1) is 0 Å². The number of aliphatic hydroxyl groups is 1. The predicted molar refractivity (Wildman–Crippen MR) is 85.4 cm³/mol. The second-order valence-electron chi connectivity index (χ2n) is 5.40. The highest BCUT2D eigenvalue weighted by Gasteiger charge is 2.22. The predicted octanol–water partition coefficient (Wildman–Crippen LogP) is 3.17. The van der Waals surface area contributed by atoms with Gasteiger partial charge in [0.15, 0.2) is 0 Å². The van der Waals surface area contributed by atoms with Crippen LogP contribution >= 0.6 is 0 Å². The minimum Gasteiger partial charge on any atom is -0.491 e. The minimum absolute atomic E-state index is 0.144. The van der Waals surface area contributed by atoms with Gasteiger partial charge in [-0.1, -0.05) is 62.4 Å². The summed E-state index contributed by atoms with van der Waals surface area (Å²) >= 11 is 0.